The predicted molar refractivity (Wildman–Crippen MR) is 123 cm³/mol. The van der Waals surface area contributed by atoms with E-state index in [4.69, 9.17) is 27.7 Å². The molecule has 0 atom stereocenters. The predicted octanol–water partition coefficient (Wildman–Crippen LogP) is 4.96. The number of amides is 1. The zero-order valence-electron chi connectivity index (χ0n) is 18.1. The Kier molecular flexibility index (Phi) is 6.08. The smallest absolute Gasteiger partial charge is 0.279 e. The standard InChI is InChI=1S/C22H22Cl2N6O2/c1-12-6-5-7-16(8-12)9-29-11-18(23)21(27-29)25-22(31)20-17(15(4)32-28-20)10-30-14(3)19(24)13(2)26-30/h5-8,11H,9-10H2,1-4H3,(H,25,27,31). The Labute approximate surface area is 195 Å². The molecule has 4 aromatic rings. The summed E-state index contributed by atoms with van der Waals surface area (Å²) in [4.78, 5) is 13.0. The van der Waals surface area contributed by atoms with Gasteiger partial charge in [0, 0.05) is 11.8 Å². The molecule has 0 aliphatic rings. The zero-order chi connectivity index (χ0) is 23.0. The normalized spacial score (nSPS) is 11.2. The SMILES string of the molecule is Cc1cccc(Cn2cc(Cl)c(NC(=O)c3noc(C)c3Cn3nc(C)c(Cl)c3C)n2)c1. The second-order valence-corrected chi connectivity index (χ2v) is 8.46. The molecule has 0 unspecified atom stereocenters. The number of hydrogen-bond acceptors (Lipinski definition) is 5. The maximum Gasteiger partial charge on any atom is 0.279 e. The molecule has 4 rings (SSSR count). The van der Waals surface area contributed by atoms with Crippen LogP contribution in [0.4, 0.5) is 5.82 Å². The second-order valence-electron chi connectivity index (χ2n) is 7.67. The maximum absolute atomic E-state index is 13.0. The number of anilines is 1. The van der Waals surface area contributed by atoms with Crippen molar-refractivity contribution < 1.29 is 9.32 Å². The van der Waals surface area contributed by atoms with Crippen LogP contribution in [0.3, 0.4) is 0 Å². The lowest BCUT2D eigenvalue weighted by Crippen LogP contribution is -2.17. The van der Waals surface area contributed by atoms with Crippen molar-refractivity contribution >= 4 is 34.9 Å². The first-order valence-corrected chi connectivity index (χ1v) is 10.7. The fourth-order valence-electron chi connectivity index (χ4n) is 3.46. The first-order valence-electron chi connectivity index (χ1n) is 9.97. The summed E-state index contributed by atoms with van der Waals surface area (Å²) in [6.07, 6.45) is 1.67. The summed E-state index contributed by atoms with van der Waals surface area (Å²) in [6.45, 7) is 8.30. The highest BCUT2D eigenvalue weighted by atomic mass is 35.5. The van der Waals surface area contributed by atoms with E-state index in [1.165, 1.54) is 0 Å². The number of aryl methyl sites for hydroxylation is 3. The van der Waals surface area contributed by atoms with Gasteiger partial charge in [0.1, 0.15) is 10.8 Å². The molecule has 0 spiro atoms. The third-order valence-corrected chi connectivity index (χ3v) is 6.00. The fourth-order valence-corrected chi connectivity index (χ4v) is 3.79. The minimum absolute atomic E-state index is 0.149. The monoisotopic (exact) mass is 472 g/mol. The molecule has 0 saturated carbocycles. The van der Waals surface area contributed by atoms with Gasteiger partial charge in [-0.1, -0.05) is 58.2 Å². The molecule has 3 heterocycles. The molecule has 0 radical (unpaired) electrons. The van der Waals surface area contributed by atoms with Gasteiger partial charge in [-0.25, -0.2) is 0 Å². The molecule has 8 nitrogen and oxygen atoms in total. The summed E-state index contributed by atoms with van der Waals surface area (Å²) in [5.41, 5.74) is 4.52. The Morgan fingerprint density at radius 3 is 2.59 bits per heavy atom. The van der Waals surface area contributed by atoms with Crippen molar-refractivity contribution in [2.24, 2.45) is 0 Å². The maximum atomic E-state index is 13.0. The largest absolute Gasteiger partial charge is 0.361 e. The third kappa shape index (κ3) is 4.42. The minimum atomic E-state index is -0.466. The number of hydrogen-bond donors (Lipinski definition) is 1. The van der Waals surface area contributed by atoms with E-state index in [1.807, 2.05) is 39.0 Å². The van der Waals surface area contributed by atoms with Crippen LogP contribution in [0.1, 0.15) is 44.3 Å². The average Bonchev–Trinajstić information content (AvgIpc) is 3.35. The minimum Gasteiger partial charge on any atom is -0.361 e. The summed E-state index contributed by atoms with van der Waals surface area (Å²) in [6, 6.07) is 8.10. The van der Waals surface area contributed by atoms with Crippen LogP contribution >= 0.6 is 23.2 Å². The van der Waals surface area contributed by atoms with Gasteiger partial charge in [-0.2, -0.15) is 10.2 Å². The highest BCUT2D eigenvalue weighted by molar-refractivity contribution is 6.33. The Hall–Kier alpha value is -3.10. The molecule has 1 amide bonds. The van der Waals surface area contributed by atoms with Crippen LogP contribution in [-0.2, 0) is 13.1 Å². The van der Waals surface area contributed by atoms with Crippen molar-refractivity contribution in [1.82, 2.24) is 24.7 Å². The van der Waals surface area contributed by atoms with Gasteiger partial charge in [-0.15, -0.1) is 0 Å². The van der Waals surface area contributed by atoms with Crippen molar-refractivity contribution in [3.63, 3.8) is 0 Å². The number of nitrogens with zero attached hydrogens (tertiary/aromatic N) is 5. The number of carbonyl (C=O) groups is 1. The van der Waals surface area contributed by atoms with Crippen molar-refractivity contribution in [3.8, 4) is 0 Å². The number of rotatable bonds is 6. The molecular weight excluding hydrogens is 451 g/mol. The number of halogens is 2. The highest BCUT2D eigenvalue weighted by Gasteiger charge is 2.23. The molecule has 0 aliphatic heterocycles. The van der Waals surface area contributed by atoms with Crippen LogP contribution < -0.4 is 5.32 Å². The summed E-state index contributed by atoms with van der Waals surface area (Å²) >= 11 is 12.6. The fraction of sp³-hybridized carbons (Fsp3) is 0.273. The Morgan fingerprint density at radius 1 is 1.12 bits per heavy atom. The average molecular weight is 473 g/mol. The van der Waals surface area contributed by atoms with Crippen LogP contribution in [0.25, 0.3) is 0 Å². The molecule has 10 heteroatoms. The van der Waals surface area contributed by atoms with Gasteiger partial charge < -0.3 is 9.84 Å². The van der Waals surface area contributed by atoms with Gasteiger partial charge in [0.15, 0.2) is 11.5 Å². The summed E-state index contributed by atoms with van der Waals surface area (Å²) in [5.74, 6) is 0.312. The van der Waals surface area contributed by atoms with Gasteiger partial charge in [0.2, 0.25) is 0 Å². The Bertz CT molecular complexity index is 1300. The number of benzene rings is 1. The molecule has 166 valence electrons. The second kappa shape index (κ2) is 8.80. The summed E-state index contributed by atoms with van der Waals surface area (Å²) in [7, 11) is 0. The van der Waals surface area contributed by atoms with Crippen LogP contribution in [0, 0.1) is 27.7 Å². The van der Waals surface area contributed by atoms with Crippen LogP contribution in [0.15, 0.2) is 35.0 Å². The van der Waals surface area contributed by atoms with Gasteiger partial charge in [-0.05, 0) is 33.3 Å². The van der Waals surface area contributed by atoms with Crippen LogP contribution in [0.2, 0.25) is 10.0 Å². The first-order chi connectivity index (χ1) is 15.2. The van der Waals surface area contributed by atoms with E-state index >= 15 is 0 Å². The Morgan fingerprint density at radius 2 is 1.91 bits per heavy atom. The van der Waals surface area contributed by atoms with Gasteiger partial charge >= 0.3 is 0 Å². The lowest BCUT2D eigenvalue weighted by atomic mass is 10.1. The molecule has 0 saturated heterocycles. The van der Waals surface area contributed by atoms with E-state index in [-0.39, 0.29) is 11.5 Å². The first kappa shape index (κ1) is 22.1. The van der Waals surface area contributed by atoms with Gasteiger partial charge in [-0.3, -0.25) is 14.2 Å². The summed E-state index contributed by atoms with van der Waals surface area (Å²) in [5, 5.41) is 16.4. The van der Waals surface area contributed by atoms with Crippen molar-refractivity contribution in [2.45, 2.75) is 40.8 Å². The number of aromatic nitrogens is 5. The van der Waals surface area contributed by atoms with Crippen LogP contribution in [-0.4, -0.2) is 30.6 Å². The number of nitrogens with one attached hydrogen (secondary N) is 1. The van der Waals surface area contributed by atoms with E-state index in [1.54, 1.807) is 22.5 Å². The molecule has 1 N–H and O–H groups in total. The molecule has 0 aliphatic carbocycles. The van der Waals surface area contributed by atoms with Crippen molar-refractivity contribution in [2.75, 3.05) is 5.32 Å². The van der Waals surface area contributed by atoms with Crippen molar-refractivity contribution in [3.05, 3.63) is 80.0 Å². The van der Waals surface area contributed by atoms with Crippen LogP contribution in [0.5, 0.6) is 0 Å². The lowest BCUT2D eigenvalue weighted by molar-refractivity contribution is 0.101. The lowest BCUT2D eigenvalue weighted by Gasteiger charge is -2.06. The highest BCUT2D eigenvalue weighted by Crippen LogP contribution is 2.24. The zero-order valence-corrected chi connectivity index (χ0v) is 19.6. The molecule has 32 heavy (non-hydrogen) atoms. The molecular formula is C22H22Cl2N6O2. The Balaban J connectivity index is 1.54. The third-order valence-electron chi connectivity index (χ3n) is 5.18. The van der Waals surface area contributed by atoms with E-state index in [2.05, 4.69) is 26.7 Å². The van der Waals surface area contributed by atoms with Crippen molar-refractivity contribution in [1.29, 1.82) is 0 Å². The quantitative estimate of drug-likeness (QED) is 0.428. The number of carbonyl (C=O) groups excluding carboxylic acids is 1. The molecule has 0 fully saturated rings. The van der Waals surface area contributed by atoms with E-state index in [0.29, 0.717) is 34.5 Å². The van der Waals surface area contributed by atoms with E-state index in [0.717, 1.165) is 22.5 Å². The van der Waals surface area contributed by atoms with Gasteiger partial charge in [0.25, 0.3) is 5.91 Å². The topological polar surface area (TPSA) is 90.8 Å². The summed E-state index contributed by atoms with van der Waals surface area (Å²) < 4.78 is 8.69. The molecule has 0 bridgehead atoms. The molecule has 3 aromatic heterocycles. The molecule has 1 aromatic carbocycles. The van der Waals surface area contributed by atoms with E-state index < -0.39 is 5.91 Å². The van der Waals surface area contributed by atoms with Gasteiger partial charge in [0.05, 0.1) is 29.5 Å². The van der Waals surface area contributed by atoms with E-state index in [9.17, 15) is 4.79 Å².